The second kappa shape index (κ2) is 5.63. The van der Waals surface area contributed by atoms with E-state index in [1.165, 1.54) is 0 Å². The van der Waals surface area contributed by atoms with Gasteiger partial charge in [-0.1, -0.05) is 17.7 Å². The Bertz CT molecular complexity index is 373. The molecule has 0 fully saturated rings. The monoisotopic (exact) mass is 223 g/mol. The summed E-state index contributed by atoms with van der Waals surface area (Å²) >= 11 is 0. The molecule has 4 heteroatoms. The number of aliphatic hydroxyl groups excluding tert-OH is 2. The van der Waals surface area contributed by atoms with E-state index in [9.17, 15) is 4.79 Å². The largest absolute Gasteiger partial charge is 0.394 e. The Morgan fingerprint density at radius 2 is 1.94 bits per heavy atom. The highest BCUT2D eigenvalue weighted by Gasteiger charge is 2.13. The number of hydrogen-bond acceptors (Lipinski definition) is 3. The minimum absolute atomic E-state index is 0.269. The van der Waals surface area contributed by atoms with Gasteiger partial charge >= 0.3 is 0 Å². The van der Waals surface area contributed by atoms with Crippen molar-refractivity contribution in [2.75, 3.05) is 13.2 Å². The molecule has 0 spiro atoms. The number of nitrogens with one attached hydrogen (secondary N) is 1. The van der Waals surface area contributed by atoms with Gasteiger partial charge in [0.25, 0.3) is 5.91 Å². The fourth-order valence-electron chi connectivity index (χ4n) is 1.39. The van der Waals surface area contributed by atoms with Crippen molar-refractivity contribution in [3.63, 3.8) is 0 Å². The lowest BCUT2D eigenvalue weighted by Crippen LogP contribution is -2.40. The molecule has 1 amide bonds. The average molecular weight is 223 g/mol. The average Bonchev–Trinajstić information content (AvgIpc) is 2.28. The van der Waals surface area contributed by atoms with Crippen molar-refractivity contribution in [3.8, 4) is 0 Å². The van der Waals surface area contributed by atoms with Gasteiger partial charge in [0.1, 0.15) is 0 Å². The molecule has 0 aromatic heterocycles. The highest BCUT2D eigenvalue weighted by atomic mass is 16.3. The fourth-order valence-corrected chi connectivity index (χ4v) is 1.39. The van der Waals surface area contributed by atoms with Gasteiger partial charge in [-0.25, -0.2) is 0 Å². The molecule has 1 aromatic carbocycles. The Labute approximate surface area is 94.9 Å². The van der Waals surface area contributed by atoms with E-state index < -0.39 is 6.04 Å². The minimum Gasteiger partial charge on any atom is -0.394 e. The van der Waals surface area contributed by atoms with E-state index in [4.69, 9.17) is 10.2 Å². The molecule has 1 rings (SSSR count). The van der Waals surface area contributed by atoms with Gasteiger partial charge in [0.2, 0.25) is 0 Å². The number of carbonyl (C=O) groups excluding carboxylic acids is 1. The third-order valence-electron chi connectivity index (χ3n) is 2.41. The Kier molecular flexibility index (Phi) is 4.46. The molecule has 0 radical (unpaired) electrons. The van der Waals surface area contributed by atoms with Crippen LogP contribution in [0.3, 0.4) is 0 Å². The van der Waals surface area contributed by atoms with Crippen LogP contribution in [-0.4, -0.2) is 35.4 Å². The summed E-state index contributed by atoms with van der Waals surface area (Å²) in [6.07, 6.45) is 0. The molecule has 0 aliphatic carbocycles. The molecule has 16 heavy (non-hydrogen) atoms. The second-order valence-electron chi connectivity index (χ2n) is 3.85. The molecular formula is C12H17NO3. The molecule has 0 atom stereocenters. The van der Waals surface area contributed by atoms with Crippen molar-refractivity contribution in [2.45, 2.75) is 19.9 Å². The number of benzene rings is 1. The van der Waals surface area contributed by atoms with Crippen LogP contribution < -0.4 is 5.32 Å². The van der Waals surface area contributed by atoms with Crippen LogP contribution >= 0.6 is 0 Å². The zero-order valence-corrected chi connectivity index (χ0v) is 9.53. The van der Waals surface area contributed by atoms with E-state index in [-0.39, 0.29) is 19.1 Å². The number of amides is 1. The maximum Gasteiger partial charge on any atom is 0.251 e. The van der Waals surface area contributed by atoms with Crippen molar-refractivity contribution < 1.29 is 15.0 Å². The summed E-state index contributed by atoms with van der Waals surface area (Å²) in [7, 11) is 0. The Morgan fingerprint density at radius 3 is 2.50 bits per heavy atom. The molecular weight excluding hydrogens is 206 g/mol. The van der Waals surface area contributed by atoms with Gasteiger partial charge in [-0.2, -0.15) is 0 Å². The topological polar surface area (TPSA) is 69.6 Å². The molecule has 88 valence electrons. The van der Waals surface area contributed by atoms with Crippen LogP contribution in [0.4, 0.5) is 0 Å². The lowest BCUT2D eigenvalue weighted by atomic mass is 10.0. The number of rotatable bonds is 4. The zero-order valence-electron chi connectivity index (χ0n) is 9.53. The summed E-state index contributed by atoms with van der Waals surface area (Å²) in [5, 5.41) is 20.3. The summed E-state index contributed by atoms with van der Waals surface area (Å²) in [4.78, 5) is 11.8. The summed E-state index contributed by atoms with van der Waals surface area (Å²) in [6.45, 7) is 3.22. The molecule has 1 aromatic rings. The van der Waals surface area contributed by atoms with Gasteiger partial charge in [0, 0.05) is 5.56 Å². The third-order valence-corrected chi connectivity index (χ3v) is 2.41. The van der Waals surface area contributed by atoms with E-state index in [0.29, 0.717) is 5.56 Å². The fraction of sp³-hybridized carbons (Fsp3) is 0.417. The van der Waals surface area contributed by atoms with Crippen molar-refractivity contribution in [1.82, 2.24) is 5.32 Å². The van der Waals surface area contributed by atoms with Gasteiger partial charge in [0.15, 0.2) is 0 Å². The molecule has 3 N–H and O–H groups in total. The smallest absolute Gasteiger partial charge is 0.251 e. The Balaban J connectivity index is 2.83. The van der Waals surface area contributed by atoms with Crippen LogP contribution in [0.1, 0.15) is 21.5 Å². The van der Waals surface area contributed by atoms with Crippen molar-refractivity contribution in [3.05, 3.63) is 34.9 Å². The lowest BCUT2D eigenvalue weighted by Gasteiger charge is -2.14. The number of hydrogen-bond donors (Lipinski definition) is 3. The van der Waals surface area contributed by atoms with Crippen molar-refractivity contribution >= 4 is 5.91 Å². The third kappa shape index (κ3) is 3.05. The van der Waals surface area contributed by atoms with E-state index in [1.807, 2.05) is 26.0 Å². The van der Waals surface area contributed by atoms with Gasteiger partial charge < -0.3 is 15.5 Å². The van der Waals surface area contributed by atoms with E-state index in [0.717, 1.165) is 11.1 Å². The maximum atomic E-state index is 11.8. The maximum absolute atomic E-state index is 11.8. The summed E-state index contributed by atoms with van der Waals surface area (Å²) in [5.74, 6) is -0.269. The van der Waals surface area contributed by atoms with Crippen LogP contribution in [0.2, 0.25) is 0 Å². The molecule has 0 bridgehead atoms. The van der Waals surface area contributed by atoms with Gasteiger partial charge in [-0.15, -0.1) is 0 Å². The first-order valence-electron chi connectivity index (χ1n) is 5.18. The first-order chi connectivity index (χ1) is 7.58. The van der Waals surface area contributed by atoms with Crippen LogP contribution in [0.15, 0.2) is 18.2 Å². The highest BCUT2D eigenvalue weighted by Crippen LogP contribution is 2.10. The first kappa shape index (κ1) is 12.7. The molecule has 0 saturated carbocycles. The van der Waals surface area contributed by atoms with Crippen LogP contribution in [-0.2, 0) is 0 Å². The Morgan fingerprint density at radius 1 is 1.31 bits per heavy atom. The lowest BCUT2D eigenvalue weighted by molar-refractivity contribution is 0.0878. The first-order valence-corrected chi connectivity index (χ1v) is 5.18. The van der Waals surface area contributed by atoms with Crippen LogP contribution in [0, 0.1) is 13.8 Å². The minimum atomic E-state index is -0.604. The molecule has 0 heterocycles. The van der Waals surface area contributed by atoms with Crippen LogP contribution in [0.5, 0.6) is 0 Å². The standard InChI is InChI=1S/C12H17NO3/c1-8-3-4-9(2)11(5-8)12(16)13-10(6-14)7-15/h3-5,10,14-15H,6-7H2,1-2H3,(H,13,16). The SMILES string of the molecule is Cc1ccc(C)c(C(=O)NC(CO)CO)c1. The van der Waals surface area contributed by atoms with E-state index in [1.54, 1.807) is 6.07 Å². The molecule has 0 saturated heterocycles. The van der Waals surface area contributed by atoms with Crippen LogP contribution in [0.25, 0.3) is 0 Å². The van der Waals surface area contributed by atoms with Crippen molar-refractivity contribution in [2.24, 2.45) is 0 Å². The number of aliphatic hydroxyl groups is 2. The normalized spacial score (nSPS) is 10.6. The number of aryl methyl sites for hydroxylation is 2. The predicted octanol–water partition coefficient (Wildman–Crippen LogP) is 0.386. The van der Waals surface area contributed by atoms with Gasteiger partial charge in [0.05, 0.1) is 19.3 Å². The van der Waals surface area contributed by atoms with Crippen molar-refractivity contribution in [1.29, 1.82) is 0 Å². The molecule has 4 nitrogen and oxygen atoms in total. The summed E-state index contributed by atoms with van der Waals surface area (Å²) in [6, 6.07) is 4.99. The van der Waals surface area contributed by atoms with E-state index >= 15 is 0 Å². The quantitative estimate of drug-likeness (QED) is 0.691. The molecule has 0 unspecified atom stereocenters. The van der Waals surface area contributed by atoms with Gasteiger partial charge in [-0.05, 0) is 25.5 Å². The highest BCUT2D eigenvalue weighted by molar-refractivity contribution is 5.96. The molecule has 0 aliphatic rings. The van der Waals surface area contributed by atoms with Gasteiger partial charge in [-0.3, -0.25) is 4.79 Å². The summed E-state index contributed by atoms with van der Waals surface area (Å²) < 4.78 is 0. The van der Waals surface area contributed by atoms with E-state index in [2.05, 4.69) is 5.32 Å². The Hall–Kier alpha value is -1.39. The molecule has 0 aliphatic heterocycles. The second-order valence-corrected chi connectivity index (χ2v) is 3.85. The predicted molar refractivity (Wildman–Crippen MR) is 61.3 cm³/mol. The number of carbonyl (C=O) groups is 1. The zero-order chi connectivity index (χ0) is 12.1. The summed E-state index contributed by atoms with van der Waals surface area (Å²) in [5.41, 5.74) is 2.45.